The van der Waals surface area contributed by atoms with Gasteiger partial charge in [-0.3, -0.25) is 4.90 Å². The SMILES string of the molecule is O=C(N1CCNCC1)N1c2ccccc2C=Cc2ccccc21. The molecule has 23 heavy (non-hydrogen) atoms. The van der Waals surface area contributed by atoms with Gasteiger partial charge in [0.1, 0.15) is 0 Å². The first-order valence-electron chi connectivity index (χ1n) is 8.00. The number of carbonyl (C=O) groups is 1. The van der Waals surface area contributed by atoms with Gasteiger partial charge in [-0.25, -0.2) is 4.79 Å². The smallest absolute Gasteiger partial charge is 0.322 e. The first-order chi connectivity index (χ1) is 11.3. The molecule has 0 radical (unpaired) electrons. The van der Waals surface area contributed by atoms with Crippen molar-refractivity contribution in [1.29, 1.82) is 0 Å². The first-order valence-corrected chi connectivity index (χ1v) is 8.00. The second-order valence-corrected chi connectivity index (χ2v) is 5.81. The zero-order valence-corrected chi connectivity index (χ0v) is 12.9. The van der Waals surface area contributed by atoms with Crippen molar-refractivity contribution in [2.45, 2.75) is 0 Å². The maximum Gasteiger partial charge on any atom is 0.329 e. The van der Waals surface area contributed by atoms with Gasteiger partial charge in [0.05, 0.1) is 11.4 Å². The maximum atomic E-state index is 13.2. The van der Waals surface area contributed by atoms with Gasteiger partial charge < -0.3 is 10.2 Å². The second-order valence-electron chi connectivity index (χ2n) is 5.81. The summed E-state index contributed by atoms with van der Waals surface area (Å²) < 4.78 is 0. The van der Waals surface area contributed by atoms with Crippen LogP contribution in [0.3, 0.4) is 0 Å². The molecule has 0 aliphatic carbocycles. The quantitative estimate of drug-likeness (QED) is 0.810. The number of hydrogen-bond donors (Lipinski definition) is 1. The molecular formula is C19H19N3O. The molecule has 0 atom stereocenters. The Morgan fingerprint density at radius 1 is 0.826 bits per heavy atom. The summed E-state index contributed by atoms with van der Waals surface area (Å²) in [7, 11) is 0. The number of hydrogen-bond acceptors (Lipinski definition) is 2. The topological polar surface area (TPSA) is 35.6 Å². The van der Waals surface area contributed by atoms with Gasteiger partial charge in [-0.15, -0.1) is 0 Å². The van der Waals surface area contributed by atoms with E-state index in [4.69, 9.17) is 0 Å². The lowest BCUT2D eigenvalue weighted by Crippen LogP contribution is -2.50. The number of para-hydroxylation sites is 2. The summed E-state index contributed by atoms with van der Waals surface area (Å²) in [6, 6.07) is 16.2. The van der Waals surface area contributed by atoms with Crippen molar-refractivity contribution in [3.63, 3.8) is 0 Å². The van der Waals surface area contributed by atoms with Crippen LogP contribution in [0.4, 0.5) is 16.2 Å². The Bertz CT molecular complexity index is 713. The molecule has 0 saturated carbocycles. The van der Waals surface area contributed by atoms with Crippen molar-refractivity contribution in [2.75, 3.05) is 31.1 Å². The zero-order valence-electron chi connectivity index (χ0n) is 12.9. The molecule has 1 saturated heterocycles. The van der Waals surface area contributed by atoms with Crippen molar-refractivity contribution < 1.29 is 4.79 Å². The number of rotatable bonds is 0. The van der Waals surface area contributed by atoms with E-state index in [0.717, 1.165) is 48.7 Å². The molecule has 2 aromatic carbocycles. The fourth-order valence-electron chi connectivity index (χ4n) is 3.18. The van der Waals surface area contributed by atoms with E-state index in [-0.39, 0.29) is 6.03 Å². The Morgan fingerprint density at radius 2 is 1.35 bits per heavy atom. The summed E-state index contributed by atoms with van der Waals surface area (Å²) in [5, 5.41) is 3.30. The summed E-state index contributed by atoms with van der Waals surface area (Å²) in [6.07, 6.45) is 4.17. The van der Waals surface area contributed by atoms with Gasteiger partial charge in [0, 0.05) is 26.2 Å². The summed E-state index contributed by atoms with van der Waals surface area (Å²) >= 11 is 0. The molecule has 2 heterocycles. The Kier molecular flexibility index (Phi) is 3.60. The van der Waals surface area contributed by atoms with Crippen molar-refractivity contribution in [1.82, 2.24) is 10.2 Å². The lowest BCUT2D eigenvalue weighted by atomic mass is 10.1. The summed E-state index contributed by atoms with van der Waals surface area (Å²) in [5.74, 6) is 0. The Labute approximate surface area is 136 Å². The van der Waals surface area contributed by atoms with Crippen LogP contribution in [0.1, 0.15) is 11.1 Å². The average molecular weight is 305 g/mol. The molecule has 0 aromatic heterocycles. The monoisotopic (exact) mass is 305 g/mol. The molecular weight excluding hydrogens is 286 g/mol. The van der Waals surface area contributed by atoms with Crippen molar-refractivity contribution in [2.24, 2.45) is 0 Å². The van der Waals surface area contributed by atoms with Gasteiger partial charge in [-0.1, -0.05) is 48.6 Å². The fraction of sp³-hybridized carbons (Fsp3) is 0.211. The molecule has 2 amide bonds. The van der Waals surface area contributed by atoms with Crippen molar-refractivity contribution in [3.05, 3.63) is 59.7 Å². The first kappa shape index (κ1) is 14.0. The number of anilines is 2. The molecule has 1 N–H and O–H groups in total. The molecule has 2 aromatic rings. The Hall–Kier alpha value is -2.59. The largest absolute Gasteiger partial charge is 0.329 e. The average Bonchev–Trinajstić information content (AvgIpc) is 2.79. The molecule has 4 rings (SSSR count). The van der Waals surface area contributed by atoms with Crippen LogP contribution in [0.25, 0.3) is 12.2 Å². The third-order valence-electron chi connectivity index (χ3n) is 4.38. The minimum atomic E-state index is 0.0510. The molecule has 1 fully saturated rings. The number of carbonyl (C=O) groups excluding carboxylic acids is 1. The van der Waals surface area contributed by atoms with E-state index in [1.807, 2.05) is 46.2 Å². The highest BCUT2D eigenvalue weighted by Gasteiger charge is 2.28. The van der Waals surface area contributed by atoms with E-state index in [1.54, 1.807) is 0 Å². The Morgan fingerprint density at radius 3 is 1.91 bits per heavy atom. The highest BCUT2D eigenvalue weighted by atomic mass is 16.2. The number of nitrogens with one attached hydrogen (secondary N) is 1. The number of benzene rings is 2. The van der Waals surface area contributed by atoms with Crippen molar-refractivity contribution in [3.8, 4) is 0 Å². The molecule has 2 aliphatic rings. The van der Waals surface area contributed by atoms with Crippen LogP contribution in [0.5, 0.6) is 0 Å². The highest BCUT2D eigenvalue weighted by molar-refractivity contribution is 6.05. The van der Waals surface area contributed by atoms with Crippen LogP contribution in [-0.4, -0.2) is 37.1 Å². The lowest BCUT2D eigenvalue weighted by molar-refractivity contribution is 0.199. The van der Waals surface area contributed by atoms with Crippen LogP contribution < -0.4 is 10.2 Å². The summed E-state index contributed by atoms with van der Waals surface area (Å²) in [6.45, 7) is 3.18. The van der Waals surface area contributed by atoms with E-state index in [9.17, 15) is 4.79 Å². The normalized spacial score (nSPS) is 16.5. The minimum absolute atomic E-state index is 0.0510. The molecule has 4 nitrogen and oxygen atoms in total. The third-order valence-corrected chi connectivity index (χ3v) is 4.38. The zero-order chi connectivity index (χ0) is 15.6. The van der Waals surface area contributed by atoms with Gasteiger partial charge in [-0.05, 0) is 23.3 Å². The van der Waals surface area contributed by atoms with E-state index in [2.05, 4.69) is 29.6 Å². The Balaban J connectivity index is 1.83. The van der Waals surface area contributed by atoms with Crippen LogP contribution >= 0.6 is 0 Å². The van der Waals surface area contributed by atoms with E-state index < -0.39 is 0 Å². The standard InChI is InChI=1S/C19H19N3O/c23-19(21-13-11-20-12-14-21)22-17-7-3-1-5-15(17)9-10-16-6-2-4-8-18(16)22/h1-10,20H,11-14H2. The van der Waals surface area contributed by atoms with Crippen LogP contribution in [0.2, 0.25) is 0 Å². The molecule has 0 spiro atoms. The van der Waals surface area contributed by atoms with Gasteiger partial charge in [0.15, 0.2) is 0 Å². The fourth-order valence-corrected chi connectivity index (χ4v) is 3.18. The number of fused-ring (bicyclic) bond motifs is 2. The van der Waals surface area contributed by atoms with E-state index in [0.29, 0.717) is 0 Å². The number of urea groups is 1. The highest BCUT2D eigenvalue weighted by Crippen LogP contribution is 2.36. The molecule has 0 unspecified atom stereocenters. The third kappa shape index (κ3) is 2.51. The number of nitrogens with zero attached hydrogens (tertiary/aromatic N) is 2. The lowest BCUT2D eigenvalue weighted by Gasteiger charge is -2.34. The minimum Gasteiger partial charge on any atom is -0.322 e. The van der Waals surface area contributed by atoms with Crippen LogP contribution in [0.15, 0.2) is 48.5 Å². The van der Waals surface area contributed by atoms with Gasteiger partial charge in [-0.2, -0.15) is 0 Å². The van der Waals surface area contributed by atoms with E-state index in [1.165, 1.54) is 0 Å². The van der Waals surface area contributed by atoms with E-state index >= 15 is 0 Å². The maximum absolute atomic E-state index is 13.2. The molecule has 2 aliphatic heterocycles. The van der Waals surface area contributed by atoms with Crippen LogP contribution in [-0.2, 0) is 0 Å². The van der Waals surface area contributed by atoms with Crippen LogP contribution in [0, 0.1) is 0 Å². The predicted molar refractivity (Wildman–Crippen MR) is 93.8 cm³/mol. The van der Waals surface area contributed by atoms with Gasteiger partial charge in [0.25, 0.3) is 0 Å². The number of piperazine rings is 1. The summed E-state index contributed by atoms with van der Waals surface area (Å²) in [4.78, 5) is 17.0. The molecule has 116 valence electrons. The van der Waals surface area contributed by atoms with Gasteiger partial charge in [0.2, 0.25) is 0 Å². The van der Waals surface area contributed by atoms with Gasteiger partial charge >= 0.3 is 6.03 Å². The predicted octanol–water partition coefficient (Wildman–Crippen LogP) is 3.33. The molecule has 0 bridgehead atoms. The van der Waals surface area contributed by atoms with Crippen molar-refractivity contribution >= 4 is 29.6 Å². The number of amides is 2. The molecule has 4 heteroatoms. The summed E-state index contributed by atoms with van der Waals surface area (Å²) in [5.41, 5.74) is 4.01. The second kappa shape index (κ2) is 5.89.